The molecular formula is C23H33N5O3. The number of nitrogens with zero attached hydrogens (tertiary/aromatic N) is 3. The molecule has 2 aliphatic heterocycles. The van der Waals surface area contributed by atoms with E-state index < -0.39 is 0 Å². The molecule has 0 unspecified atom stereocenters. The highest BCUT2D eigenvalue weighted by molar-refractivity contribution is 5.60. The Labute approximate surface area is 184 Å². The number of rotatable bonds is 8. The molecule has 0 amide bonds. The minimum Gasteiger partial charge on any atom is -0.493 e. The maximum Gasteiger partial charge on any atom is 0.229 e. The third kappa shape index (κ3) is 6.21. The van der Waals surface area contributed by atoms with Gasteiger partial charge in [-0.15, -0.1) is 0 Å². The van der Waals surface area contributed by atoms with Gasteiger partial charge in [-0.3, -0.25) is 0 Å². The van der Waals surface area contributed by atoms with E-state index in [2.05, 4.69) is 32.5 Å². The van der Waals surface area contributed by atoms with Crippen LogP contribution in [0.3, 0.4) is 0 Å². The zero-order valence-corrected chi connectivity index (χ0v) is 18.5. The average Bonchev–Trinajstić information content (AvgIpc) is 2.80. The number of methoxy groups -OCH3 is 1. The molecule has 1 aromatic heterocycles. The van der Waals surface area contributed by atoms with Gasteiger partial charge in [0.2, 0.25) is 5.95 Å². The first-order valence-electron chi connectivity index (χ1n) is 11.1. The van der Waals surface area contributed by atoms with Crippen molar-refractivity contribution >= 4 is 17.5 Å². The molecule has 8 nitrogen and oxygen atoms in total. The highest BCUT2D eigenvalue weighted by atomic mass is 16.5. The maximum atomic E-state index is 6.28. The third-order valence-electron chi connectivity index (χ3n) is 5.95. The number of anilines is 3. The fraction of sp³-hybridized carbons (Fsp3) is 0.565. The third-order valence-corrected chi connectivity index (χ3v) is 5.95. The molecular weight excluding hydrogens is 394 g/mol. The van der Waals surface area contributed by atoms with Gasteiger partial charge in [0.05, 0.1) is 7.11 Å². The van der Waals surface area contributed by atoms with Crippen molar-refractivity contribution in [1.29, 1.82) is 0 Å². The Morgan fingerprint density at radius 3 is 2.68 bits per heavy atom. The summed E-state index contributed by atoms with van der Waals surface area (Å²) in [6.07, 6.45) is 6.18. The highest BCUT2D eigenvalue weighted by Crippen LogP contribution is 2.33. The number of piperidine rings is 1. The number of hydrogen-bond donors (Lipinski definition) is 2. The van der Waals surface area contributed by atoms with Gasteiger partial charge < -0.3 is 29.7 Å². The second-order valence-corrected chi connectivity index (χ2v) is 8.31. The summed E-state index contributed by atoms with van der Waals surface area (Å²) in [5.74, 6) is 3.47. The lowest BCUT2D eigenvalue weighted by atomic mass is 10.0. The van der Waals surface area contributed by atoms with Crippen LogP contribution in [0, 0.1) is 5.92 Å². The second-order valence-electron chi connectivity index (χ2n) is 8.31. The first-order valence-corrected chi connectivity index (χ1v) is 11.1. The smallest absolute Gasteiger partial charge is 0.229 e. The molecule has 4 rings (SSSR count). The molecule has 0 aliphatic carbocycles. The van der Waals surface area contributed by atoms with Crippen LogP contribution in [0.15, 0.2) is 30.5 Å². The second kappa shape index (κ2) is 10.6. The van der Waals surface area contributed by atoms with Gasteiger partial charge in [0, 0.05) is 50.8 Å². The summed E-state index contributed by atoms with van der Waals surface area (Å²) in [6.45, 7) is 4.69. The Morgan fingerprint density at radius 2 is 1.90 bits per heavy atom. The van der Waals surface area contributed by atoms with Gasteiger partial charge in [-0.05, 0) is 56.8 Å². The molecule has 0 bridgehead atoms. The topological polar surface area (TPSA) is 80.8 Å². The number of ether oxygens (including phenoxy) is 3. The molecule has 168 valence electrons. The van der Waals surface area contributed by atoms with Gasteiger partial charge in [-0.1, -0.05) is 0 Å². The van der Waals surface area contributed by atoms with E-state index in [0.29, 0.717) is 11.9 Å². The molecule has 1 aromatic carbocycles. The standard InChI is InChI=1S/C23H33N5O3/c1-28-11-6-19(7-12-28)31-21-15-18(3-4-20(21)29-2)26-23-24-10-5-22(27-23)25-16-17-8-13-30-14-9-17/h3-5,10,15,17,19H,6-9,11-14,16H2,1-2H3,(H2,24,25,26,27). The summed E-state index contributed by atoms with van der Waals surface area (Å²) in [6, 6.07) is 7.72. The van der Waals surface area contributed by atoms with Crippen LogP contribution < -0.4 is 20.1 Å². The van der Waals surface area contributed by atoms with Crippen molar-refractivity contribution in [2.45, 2.75) is 31.8 Å². The molecule has 2 saturated heterocycles. The molecule has 31 heavy (non-hydrogen) atoms. The monoisotopic (exact) mass is 427 g/mol. The highest BCUT2D eigenvalue weighted by Gasteiger charge is 2.20. The predicted molar refractivity (Wildman–Crippen MR) is 121 cm³/mol. The molecule has 0 atom stereocenters. The van der Waals surface area contributed by atoms with Crippen LogP contribution in [-0.4, -0.2) is 68.0 Å². The van der Waals surface area contributed by atoms with E-state index in [1.165, 1.54) is 0 Å². The number of aromatic nitrogens is 2. The van der Waals surface area contributed by atoms with Crippen molar-refractivity contribution in [2.24, 2.45) is 5.92 Å². The molecule has 2 N–H and O–H groups in total. The average molecular weight is 428 g/mol. The van der Waals surface area contributed by atoms with E-state index in [-0.39, 0.29) is 6.10 Å². The summed E-state index contributed by atoms with van der Waals surface area (Å²) < 4.78 is 17.2. The quantitative estimate of drug-likeness (QED) is 0.662. The largest absolute Gasteiger partial charge is 0.493 e. The first kappa shape index (κ1) is 21.6. The summed E-state index contributed by atoms with van der Waals surface area (Å²) in [7, 11) is 3.81. The number of hydrogen-bond acceptors (Lipinski definition) is 8. The van der Waals surface area contributed by atoms with Gasteiger partial charge in [-0.25, -0.2) is 4.98 Å². The lowest BCUT2D eigenvalue weighted by molar-refractivity contribution is 0.0699. The Bertz CT molecular complexity index is 836. The van der Waals surface area contributed by atoms with Crippen LogP contribution in [0.4, 0.5) is 17.5 Å². The molecule has 8 heteroatoms. The Balaban J connectivity index is 1.39. The van der Waals surface area contributed by atoms with E-state index in [1.807, 2.05) is 24.3 Å². The van der Waals surface area contributed by atoms with Crippen molar-refractivity contribution in [3.05, 3.63) is 30.5 Å². The molecule has 2 aliphatic rings. The van der Waals surface area contributed by atoms with Crippen LogP contribution in [0.1, 0.15) is 25.7 Å². The van der Waals surface area contributed by atoms with E-state index in [4.69, 9.17) is 14.2 Å². The van der Waals surface area contributed by atoms with E-state index in [0.717, 1.165) is 81.5 Å². The van der Waals surface area contributed by atoms with Gasteiger partial charge in [0.1, 0.15) is 11.9 Å². The first-order chi connectivity index (χ1) is 15.2. The summed E-state index contributed by atoms with van der Waals surface area (Å²) in [5.41, 5.74) is 0.866. The van der Waals surface area contributed by atoms with Gasteiger partial charge in [-0.2, -0.15) is 4.98 Å². The predicted octanol–water partition coefficient (Wildman–Crippen LogP) is 3.54. The van der Waals surface area contributed by atoms with Crippen LogP contribution in [-0.2, 0) is 4.74 Å². The van der Waals surface area contributed by atoms with E-state index in [9.17, 15) is 0 Å². The lowest BCUT2D eigenvalue weighted by Gasteiger charge is -2.29. The zero-order valence-electron chi connectivity index (χ0n) is 18.5. The maximum absolute atomic E-state index is 6.28. The van der Waals surface area contributed by atoms with Crippen LogP contribution >= 0.6 is 0 Å². The van der Waals surface area contributed by atoms with Crippen molar-refractivity contribution in [2.75, 3.05) is 57.6 Å². The minimum absolute atomic E-state index is 0.203. The molecule has 2 fully saturated rings. The normalized spacial score (nSPS) is 18.5. The fourth-order valence-corrected chi connectivity index (χ4v) is 3.97. The summed E-state index contributed by atoms with van der Waals surface area (Å²) in [4.78, 5) is 11.3. The zero-order chi connectivity index (χ0) is 21.5. The molecule has 2 aromatic rings. The number of benzene rings is 1. The minimum atomic E-state index is 0.203. The van der Waals surface area contributed by atoms with Crippen molar-refractivity contribution < 1.29 is 14.2 Å². The van der Waals surface area contributed by atoms with Crippen LogP contribution in [0.5, 0.6) is 11.5 Å². The lowest BCUT2D eigenvalue weighted by Crippen LogP contribution is -2.35. The SMILES string of the molecule is COc1ccc(Nc2nccc(NCC3CCOCC3)n2)cc1OC1CCN(C)CC1. The fourth-order valence-electron chi connectivity index (χ4n) is 3.97. The van der Waals surface area contributed by atoms with E-state index in [1.54, 1.807) is 13.3 Å². The van der Waals surface area contributed by atoms with E-state index >= 15 is 0 Å². The number of nitrogens with one attached hydrogen (secondary N) is 2. The Kier molecular flexibility index (Phi) is 7.43. The van der Waals surface area contributed by atoms with Gasteiger partial charge in [0.25, 0.3) is 0 Å². The van der Waals surface area contributed by atoms with Crippen LogP contribution in [0.25, 0.3) is 0 Å². The number of likely N-dealkylation sites (tertiary alicyclic amines) is 1. The van der Waals surface area contributed by atoms with Gasteiger partial charge in [0.15, 0.2) is 11.5 Å². The van der Waals surface area contributed by atoms with Crippen molar-refractivity contribution in [3.8, 4) is 11.5 Å². The Hall–Kier alpha value is -2.58. The molecule has 0 spiro atoms. The van der Waals surface area contributed by atoms with Crippen molar-refractivity contribution in [1.82, 2.24) is 14.9 Å². The summed E-state index contributed by atoms with van der Waals surface area (Å²) in [5, 5.41) is 6.72. The van der Waals surface area contributed by atoms with Crippen LogP contribution in [0.2, 0.25) is 0 Å². The molecule has 0 saturated carbocycles. The molecule has 0 radical (unpaired) electrons. The molecule has 3 heterocycles. The Morgan fingerprint density at radius 1 is 1.10 bits per heavy atom. The van der Waals surface area contributed by atoms with Gasteiger partial charge >= 0.3 is 0 Å². The summed E-state index contributed by atoms with van der Waals surface area (Å²) >= 11 is 0. The van der Waals surface area contributed by atoms with Crippen molar-refractivity contribution in [3.63, 3.8) is 0 Å².